The predicted octanol–water partition coefficient (Wildman–Crippen LogP) is 1.18. The number of imide groups is 1. The van der Waals surface area contributed by atoms with Crippen molar-refractivity contribution < 1.29 is 19.1 Å². The van der Waals surface area contributed by atoms with E-state index in [-0.39, 0.29) is 6.54 Å². The van der Waals surface area contributed by atoms with Crippen LogP contribution in [0, 0.1) is 0 Å². The monoisotopic (exact) mass is 326 g/mol. The second-order valence-electron chi connectivity index (χ2n) is 6.95. The number of nitrogens with one attached hydrogen (secondary N) is 1. The fourth-order valence-corrected chi connectivity index (χ4v) is 2.67. The zero-order valence-electron chi connectivity index (χ0n) is 14.1. The molecule has 2 heterocycles. The van der Waals surface area contributed by atoms with Crippen LogP contribution in [0.5, 0.6) is 0 Å². The highest BCUT2D eigenvalue weighted by Crippen LogP contribution is 2.12. The fourth-order valence-electron chi connectivity index (χ4n) is 2.67. The molecule has 0 spiro atoms. The number of rotatable bonds is 4. The van der Waals surface area contributed by atoms with Crippen LogP contribution in [0.15, 0.2) is 0 Å². The van der Waals surface area contributed by atoms with Crippen molar-refractivity contribution in [2.75, 3.05) is 32.7 Å². The van der Waals surface area contributed by atoms with Crippen molar-refractivity contribution in [2.24, 2.45) is 0 Å². The van der Waals surface area contributed by atoms with E-state index in [2.05, 4.69) is 10.3 Å². The van der Waals surface area contributed by atoms with Gasteiger partial charge in [-0.05, 0) is 46.7 Å². The van der Waals surface area contributed by atoms with Gasteiger partial charge in [0.2, 0.25) is 0 Å². The molecule has 0 aromatic rings. The number of hydrogen-bond donors (Lipinski definition) is 1. The maximum atomic E-state index is 12.2. The molecule has 0 aliphatic carbocycles. The zero-order valence-corrected chi connectivity index (χ0v) is 14.1. The molecule has 0 unspecified atom stereocenters. The number of likely N-dealkylation sites (tertiary alicyclic amines) is 1. The number of nitrogens with zero attached hydrogens (tertiary/aromatic N) is 3. The maximum Gasteiger partial charge on any atom is 0.427 e. The Morgan fingerprint density at radius 2 is 1.78 bits per heavy atom. The van der Waals surface area contributed by atoms with E-state index in [4.69, 9.17) is 4.74 Å². The van der Waals surface area contributed by atoms with Crippen LogP contribution in [-0.4, -0.2) is 71.2 Å². The topological polar surface area (TPSA) is 82.2 Å². The number of urea groups is 1. The lowest BCUT2D eigenvalue weighted by Crippen LogP contribution is -2.49. The molecule has 2 rings (SSSR count). The number of amides is 4. The third kappa shape index (κ3) is 5.09. The van der Waals surface area contributed by atoms with Gasteiger partial charge in [0.05, 0.1) is 0 Å². The first-order valence-electron chi connectivity index (χ1n) is 8.10. The molecule has 2 fully saturated rings. The molecule has 130 valence electrons. The molecular formula is C15H26N4O4. The van der Waals surface area contributed by atoms with Crippen LogP contribution < -0.4 is 5.43 Å². The van der Waals surface area contributed by atoms with Crippen LogP contribution in [0.25, 0.3) is 0 Å². The fraction of sp³-hybridized carbons (Fsp3) is 0.800. The van der Waals surface area contributed by atoms with Crippen molar-refractivity contribution >= 4 is 18.0 Å². The highest BCUT2D eigenvalue weighted by molar-refractivity contribution is 6.02. The largest absolute Gasteiger partial charge is 0.443 e. The molecule has 0 aromatic carbocycles. The highest BCUT2D eigenvalue weighted by Gasteiger charge is 2.38. The van der Waals surface area contributed by atoms with Crippen molar-refractivity contribution in [3.05, 3.63) is 0 Å². The number of hydrogen-bond acceptors (Lipinski definition) is 5. The molecule has 0 radical (unpaired) electrons. The molecule has 8 heteroatoms. The van der Waals surface area contributed by atoms with E-state index in [1.807, 2.05) is 0 Å². The normalized spacial score (nSPS) is 20.1. The molecule has 0 saturated carbocycles. The van der Waals surface area contributed by atoms with E-state index in [1.54, 1.807) is 20.8 Å². The molecule has 1 N–H and O–H groups in total. The molecule has 0 bridgehead atoms. The highest BCUT2D eigenvalue weighted by atomic mass is 16.6. The Hall–Kier alpha value is -1.83. The maximum absolute atomic E-state index is 12.2. The van der Waals surface area contributed by atoms with Crippen molar-refractivity contribution in [2.45, 2.75) is 45.6 Å². The summed E-state index contributed by atoms with van der Waals surface area (Å²) in [4.78, 5) is 39.6. The van der Waals surface area contributed by atoms with E-state index in [0.29, 0.717) is 6.54 Å². The first-order valence-corrected chi connectivity index (χ1v) is 8.10. The van der Waals surface area contributed by atoms with Gasteiger partial charge in [-0.2, -0.15) is 5.01 Å². The lowest BCUT2D eigenvalue weighted by Gasteiger charge is -2.28. The molecule has 2 aliphatic heterocycles. The average molecular weight is 326 g/mol. The lowest BCUT2D eigenvalue weighted by atomic mass is 10.1. The van der Waals surface area contributed by atoms with Gasteiger partial charge in [0, 0.05) is 13.1 Å². The molecule has 23 heavy (non-hydrogen) atoms. The van der Waals surface area contributed by atoms with E-state index in [9.17, 15) is 14.4 Å². The van der Waals surface area contributed by atoms with Crippen LogP contribution in [0.4, 0.5) is 9.59 Å². The summed E-state index contributed by atoms with van der Waals surface area (Å²) in [6, 6.07) is -0.502. The number of piperidine rings is 1. The standard InChI is InChI=1S/C15H26N4O4/c1-15(2,3)23-13(21)16-19-12(20)11-18(14(19)22)10-9-17-7-5-4-6-8-17/h4-11H2,1-3H3,(H,16,21). The van der Waals surface area contributed by atoms with Crippen LogP contribution in [0.3, 0.4) is 0 Å². The Labute approximate surface area is 136 Å². The van der Waals surface area contributed by atoms with Gasteiger partial charge in [-0.3, -0.25) is 4.79 Å². The van der Waals surface area contributed by atoms with Gasteiger partial charge in [0.1, 0.15) is 12.1 Å². The number of carbonyl (C=O) groups is 3. The van der Waals surface area contributed by atoms with Gasteiger partial charge in [0.25, 0.3) is 5.91 Å². The van der Waals surface area contributed by atoms with Crippen LogP contribution in [0.1, 0.15) is 40.0 Å². The van der Waals surface area contributed by atoms with Crippen molar-refractivity contribution in [3.63, 3.8) is 0 Å². The van der Waals surface area contributed by atoms with E-state index >= 15 is 0 Å². The summed E-state index contributed by atoms with van der Waals surface area (Å²) in [5, 5.41) is 0.740. The van der Waals surface area contributed by atoms with Crippen molar-refractivity contribution in [3.8, 4) is 0 Å². The summed E-state index contributed by atoms with van der Waals surface area (Å²) in [7, 11) is 0. The van der Waals surface area contributed by atoms with Gasteiger partial charge in [-0.1, -0.05) is 6.42 Å². The number of hydrazine groups is 1. The Morgan fingerprint density at radius 3 is 2.39 bits per heavy atom. The quantitative estimate of drug-likeness (QED) is 0.784. The third-order valence-electron chi connectivity index (χ3n) is 3.77. The summed E-state index contributed by atoms with van der Waals surface area (Å²) in [5.41, 5.74) is 1.53. The van der Waals surface area contributed by atoms with E-state index in [1.165, 1.54) is 24.2 Å². The Kier molecular flexibility index (Phi) is 5.46. The van der Waals surface area contributed by atoms with Gasteiger partial charge in [-0.25, -0.2) is 15.0 Å². The summed E-state index contributed by atoms with van der Waals surface area (Å²) in [5.74, 6) is -0.445. The first kappa shape index (κ1) is 17.5. The van der Waals surface area contributed by atoms with Gasteiger partial charge >= 0.3 is 12.1 Å². The molecule has 2 aliphatic rings. The Bertz CT molecular complexity index is 469. The third-order valence-corrected chi connectivity index (χ3v) is 3.77. The molecule has 0 aromatic heterocycles. The minimum atomic E-state index is -0.808. The predicted molar refractivity (Wildman–Crippen MR) is 83.5 cm³/mol. The van der Waals surface area contributed by atoms with Gasteiger partial charge in [-0.15, -0.1) is 0 Å². The smallest absolute Gasteiger partial charge is 0.427 e. The van der Waals surface area contributed by atoms with Crippen LogP contribution >= 0.6 is 0 Å². The molecule has 2 saturated heterocycles. The van der Waals surface area contributed by atoms with Crippen LogP contribution in [-0.2, 0) is 9.53 Å². The zero-order chi connectivity index (χ0) is 17.0. The Morgan fingerprint density at radius 1 is 1.13 bits per heavy atom. The summed E-state index contributed by atoms with van der Waals surface area (Å²) < 4.78 is 5.06. The van der Waals surface area contributed by atoms with E-state index < -0.39 is 23.6 Å². The molecule has 8 nitrogen and oxygen atoms in total. The second-order valence-corrected chi connectivity index (χ2v) is 6.95. The number of carbonyl (C=O) groups excluding carboxylic acids is 3. The van der Waals surface area contributed by atoms with E-state index in [0.717, 1.165) is 24.6 Å². The van der Waals surface area contributed by atoms with Crippen molar-refractivity contribution in [1.29, 1.82) is 0 Å². The average Bonchev–Trinajstić information content (AvgIpc) is 2.72. The first-order chi connectivity index (χ1) is 10.8. The molecule has 0 atom stereocenters. The van der Waals surface area contributed by atoms with Crippen LogP contribution in [0.2, 0.25) is 0 Å². The van der Waals surface area contributed by atoms with Gasteiger partial charge < -0.3 is 14.5 Å². The molecule has 4 amide bonds. The summed E-state index contributed by atoms with van der Waals surface area (Å²) >= 11 is 0. The second kappa shape index (κ2) is 7.16. The minimum Gasteiger partial charge on any atom is -0.443 e. The molecular weight excluding hydrogens is 300 g/mol. The number of ether oxygens (including phenoxy) is 1. The Balaban J connectivity index is 1.83. The summed E-state index contributed by atoms with van der Waals surface area (Å²) in [6.45, 7) is 8.44. The van der Waals surface area contributed by atoms with Crippen molar-refractivity contribution in [1.82, 2.24) is 20.2 Å². The summed E-state index contributed by atoms with van der Waals surface area (Å²) in [6.07, 6.45) is 2.81. The lowest BCUT2D eigenvalue weighted by molar-refractivity contribution is -0.127. The SMILES string of the molecule is CC(C)(C)OC(=O)NN1C(=O)CN(CCN2CCCCC2)C1=O. The minimum absolute atomic E-state index is 0.0114. The van der Waals surface area contributed by atoms with Gasteiger partial charge in [0.15, 0.2) is 0 Å².